The van der Waals surface area contributed by atoms with E-state index in [0.717, 1.165) is 11.1 Å². The Hall–Kier alpha value is -2.62. The number of carbonyl (C=O) groups excluding carboxylic acids is 2. The van der Waals surface area contributed by atoms with Gasteiger partial charge in [-0.3, -0.25) is 9.59 Å². The minimum absolute atomic E-state index is 0.166. The highest BCUT2D eigenvalue weighted by Crippen LogP contribution is 2.41. The van der Waals surface area contributed by atoms with Gasteiger partial charge in [0.05, 0.1) is 12.6 Å². The molecule has 23 heavy (non-hydrogen) atoms. The fraction of sp³-hybridized carbons (Fsp3) is 0.263. The van der Waals surface area contributed by atoms with E-state index in [1.54, 1.807) is 11.8 Å². The van der Waals surface area contributed by atoms with E-state index >= 15 is 0 Å². The molecule has 1 aliphatic heterocycles. The van der Waals surface area contributed by atoms with Crippen molar-refractivity contribution in [2.75, 3.05) is 6.61 Å². The molecule has 0 N–H and O–H groups in total. The van der Waals surface area contributed by atoms with E-state index in [-0.39, 0.29) is 18.6 Å². The Kier molecular flexibility index (Phi) is 4.42. The fourth-order valence-corrected chi connectivity index (χ4v) is 2.99. The highest BCUT2D eigenvalue weighted by Gasteiger charge is 2.52. The van der Waals surface area contributed by atoms with Crippen LogP contribution in [0, 0.1) is 5.92 Å². The highest BCUT2D eigenvalue weighted by molar-refractivity contribution is 6.03. The third-order valence-corrected chi connectivity index (χ3v) is 4.08. The summed E-state index contributed by atoms with van der Waals surface area (Å²) >= 11 is 0. The van der Waals surface area contributed by atoms with Crippen LogP contribution in [0.3, 0.4) is 0 Å². The Morgan fingerprint density at radius 2 is 1.65 bits per heavy atom. The molecule has 1 amide bonds. The van der Waals surface area contributed by atoms with Gasteiger partial charge in [-0.1, -0.05) is 60.7 Å². The van der Waals surface area contributed by atoms with Crippen LogP contribution in [0.2, 0.25) is 0 Å². The monoisotopic (exact) mass is 309 g/mol. The number of benzene rings is 2. The van der Waals surface area contributed by atoms with E-state index in [2.05, 4.69) is 0 Å². The summed E-state index contributed by atoms with van der Waals surface area (Å²) in [7, 11) is 0. The highest BCUT2D eigenvalue weighted by atomic mass is 16.5. The van der Waals surface area contributed by atoms with Gasteiger partial charge >= 0.3 is 5.97 Å². The van der Waals surface area contributed by atoms with Gasteiger partial charge in [-0.15, -0.1) is 0 Å². The SMILES string of the molecule is CCOC(=O)[C@H]1C(=O)N(Cc2ccccc2)[C@@H]1c1ccccc1. The van der Waals surface area contributed by atoms with Crippen LogP contribution in [0.15, 0.2) is 60.7 Å². The van der Waals surface area contributed by atoms with Crippen LogP contribution in [0.25, 0.3) is 0 Å². The Morgan fingerprint density at radius 1 is 1.04 bits per heavy atom. The van der Waals surface area contributed by atoms with Crippen molar-refractivity contribution in [2.24, 2.45) is 5.92 Å². The molecule has 0 radical (unpaired) electrons. The molecule has 0 aromatic heterocycles. The number of hydrogen-bond donors (Lipinski definition) is 0. The van der Waals surface area contributed by atoms with E-state index in [1.807, 2.05) is 60.7 Å². The zero-order valence-electron chi connectivity index (χ0n) is 13.0. The number of ether oxygens (including phenoxy) is 1. The number of likely N-dealkylation sites (tertiary alicyclic amines) is 1. The summed E-state index contributed by atoms with van der Waals surface area (Å²) in [6.07, 6.45) is 0. The van der Waals surface area contributed by atoms with Crippen LogP contribution in [0.4, 0.5) is 0 Å². The number of rotatable bonds is 5. The van der Waals surface area contributed by atoms with E-state index in [1.165, 1.54) is 0 Å². The van der Waals surface area contributed by atoms with Gasteiger partial charge in [-0.2, -0.15) is 0 Å². The average Bonchev–Trinajstić information content (AvgIpc) is 2.59. The molecule has 2 aromatic rings. The van der Waals surface area contributed by atoms with E-state index < -0.39 is 11.9 Å². The molecule has 2 atom stereocenters. The van der Waals surface area contributed by atoms with Crippen LogP contribution < -0.4 is 0 Å². The summed E-state index contributed by atoms with van der Waals surface area (Å²) in [5.74, 6) is -1.34. The van der Waals surface area contributed by atoms with Gasteiger partial charge < -0.3 is 9.64 Å². The number of carbonyl (C=O) groups is 2. The Balaban J connectivity index is 1.86. The minimum atomic E-state index is -0.735. The van der Waals surface area contributed by atoms with Gasteiger partial charge in [0, 0.05) is 6.54 Å². The maximum atomic E-state index is 12.5. The molecule has 0 aliphatic carbocycles. The summed E-state index contributed by atoms with van der Waals surface area (Å²) in [6, 6.07) is 19.2. The molecular weight excluding hydrogens is 290 g/mol. The van der Waals surface area contributed by atoms with Gasteiger partial charge in [0.15, 0.2) is 5.92 Å². The first-order chi connectivity index (χ1) is 11.2. The second-order valence-electron chi connectivity index (χ2n) is 5.54. The maximum absolute atomic E-state index is 12.5. The second kappa shape index (κ2) is 6.65. The molecule has 0 saturated carbocycles. The van der Waals surface area contributed by atoms with Crippen molar-refractivity contribution < 1.29 is 14.3 Å². The Bertz CT molecular complexity index is 684. The minimum Gasteiger partial charge on any atom is -0.465 e. The smallest absolute Gasteiger partial charge is 0.321 e. The molecule has 1 heterocycles. The van der Waals surface area contributed by atoms with Crippen molar-refractivity contribution in [2.45, 2.75) is 19.5 Å². The quantitative estimate of drug-likeness (QED) is 0.485. The van der Waals surface area contributed by atoms with Gasteiger partial charge in [-0.25, -0.2) is 0 Å². The normalized spacial score (nSPS) is 20.0. The molecule has 3 rings (SSSR count). The number of amides is 1. The van der Waals surface area contributed by atoms with Gasteiger partial charge in [-0.05, 0) is 18.1 Å². The van der Waals surface area contributed by atoms with Crippen molar-refractivity contribution in [1.29, 1.82) is 0 Å². The first-order valence-corrected chi connectivity index (χ1v) is 7.78. The third-order valence-electron chi connectivity index (χ3n) is 4.08. The number of nitrogens with zero attached hydrogens (tertiary/aromatic N) is 1. The molecule has 0 bridgehead atoms. The number of β-lactam (4-membered cyclic amide) rings is 1. The molecule has 0 unspecified atom stereocenters. The molecule has 0 spiro atoms. The lowest BCUT2D eigenvalue weighted by Crippen LogP contribution is -2.57. The summed E-state index contributed by atoms with van der Waals surface area (Å²) in [6.45, 7) is 2.53. The zero-order chi connectivity index (χ0) is 16.2. The van der Waals surface area contributed by atoms with Crippen molar-refractivity contribution in [3.8, 4) is 0 Å². The molecule has 4 nitrogen and oxygen atoms in total. The Morgan fingerprint density at radius 3 is 2.26 bits per heavy atom. The molecular formula is C19H19NO3. The van der Waals surface area contributed by atoms with Crippen molar-refractivity contribution in [1.82, 2.24) is 4.90 Å². The summed E-state index contributed by atoms with van der Waals surface area (Å²) < 4.78 is 5.08. The van der Waals surface area contributed by atoms with E-state index in [9.17, 15) is 9.59 Å². The largest absolute Gasteiger partial charge is 0.465 e. The number of hydrogen-bond acceptors (Lipinski definition) is 3. The fourth-order valence-electron chi connectivity index (χ4n) is 2.99. The van der Waals surface area contributed by atoms with Crippen molar-refractivity contribution in [3.05, 3.63) is 71.8 Å². The lowest BCUT2D eigenvalue weighted by atomic mass is 9.82. The second-order valence-corrected chi connectivity index (χ2v) is 5.54. The van der Waals surface area contributed by atoms with Crippen LogP contribution >= 0.6 is 0 Å². The predicted octanol–water partition coefficient (Wildman–Crippen LogP) is 2.95. The molecule has 118 valence electrons. The van der Waals surface area contributed by atoms with Crippen molar-refractivity contribution >= 4 is 11.9 Å². The maximum Gasteiger partial charge on any atom is 0.321 e. The first kappa shape index (κ1) is 15.3. The standard InChI is InChI=1S/C19H19NO3/c1-2-23-19(22)16-17(15-11-7-4-8-12-15)20(18(16)21)13-14-9-5-3-6-10-14/h3-12,16-17H,2,13H2,1H3/t16-,17-/m1/s1. The molecule has 1 aliphatic rings. The van der Waals surface area contributed by atoms with Gasteiger partial charge in [0.1, 0.15) is 0 Å². The molecule has 4 heteroatoms. The number of esters is 1. The summed E-state index contributed by atoms with van der Waals surface area (Å²) in [5.41, 5.74) is 2.00. The average molecular weight is 309 g/mol. The summed E-state index contributed by atoms with van der Waals surface area (Å²) in [4.78, 5) is 26.4. The van der Waals surface area contributed by atoms with Crippen molar-refractivity contribution in [3.63, 3.8) is 0 Å². The molecule has 1 fully saturated rings. The first-order valence-electron chi connectivity index (χ1n) is 7.78. The lowest BCUT2D eigenvalue weighted by molar-refractivity contribution is -0.174. The van der Waals surface area contributed by atoms with Crippen LogP contribution in [-0.2, 0) is 20.9 Å². The van der Waals surface area contributed by atoms with E-state index in [4.69, 9.17) is 4.74 Å². The Labute approximate surface area is 135 Å². The molecule has 2 aromatic carbocycles. The molecule has 1 saturated heterocycles. The van der Waals surface area contributed by atoms with E-state index in [0.29, 0.717) is 6.54 Å². The third kappa shape index (κ3) is 2.97. The predicted molar refractivity (Wildman–Crippen MR) is 86.3 cm³/mol. The zero-order valence-corrected chi connectivity index (χ0v) is 13.0. The lowest BCUT2D eigenvalue weighted by Gasteiger charge is -2.46. The van der Waals surface area contributed by atoms with Gasteiger partial charge in [0.25, 0.3) is 0 Å². The topological polar surface area (TPSA) is 46.6 Å². The van der Waals surface area contributed by atoms with Crippen LogP contribution in [0.1, 0.15) is 24.1 Å². The van der Waals surface area contributed by atoms with Crippen LogP contribution in [0.5, 0.6) is 0 Å². The van der Waals surface area contributed by atoms with Crippen LogP contribution in [-0.4, -0.2) is 23.4 Å². The summed E-state index contributed by atoms with van der Waals surface area (Å²) in [5, 5.41) is 0. The van der Waals surface area contributed by atoms with Gasteiger partial charge in [0.2, 0.25) is 5.91 Å².